The van der Waals surface area contributed by atoms with E-state index in [2.05, 4.69) is 5.32 Å². The van der Waals surface area contributed by atoms with Crippen LogP contribution in [0.25, 0.3) is 0 Å². The van der Waals surface area contributed by atoms with Crippen molar-refractivity contribution in [3.05, 3.63) is 65.7 Å². The Morgan fingerprint density at radius 3 is 2.35 bits per heavy atom. The molecule has 104 valence electrons. The minimum atomic E-state index is -0.0630. The Balaban J connectivity index is 2.01. The minimum absolute atomic E-state index is 0.0432. The maximum atomic E-state index is 12.1. The van der Waals surface area contributed by atoms with Crippen LogP contribution in [-0.4, -0.2) is 12.5 Å². The summed E-state index contributed by atoms with van der Waals surface area (Å²) < 4.78 is 5.40. The molecule has 0 aromatic heterocycles. The van der Waals surface area contributed by atoms with Crippen LogP contribution < -0.4 is 10.1 Å². The summed E-state index contributed by atoms with van der Waals surface area (Å²) in [6.45, 7) is 4.58. The molecule has 1 N–H and O–H groups in total. The average Bonchev–Trinajstić information content (AvgIpc) is 2.49. The van der Waals surface area contributed by atoms with E-state index < -0.39 is 0 Å². The van der Waals surface area contributed by atoms with E-state index in [0.717, 1.165) is 11.3 Å². The van der Waals surface area contributed by atoms with Crippen molar-refractivity contribution in [2.75, 3.05) is 6.61 Å². The molecule has 0 bridgehead atoms. The van der Waals surface area contributed by atoms with Gasteiger partial charge in [0.2, 0.25) is 0 Å². The van der Waals surface area contributed by atoms with Crippen molar-refractivity contribution in [3.63, 3.8) is 0 Å². The Morgan fingerprint density at radius 2 is 1.75 bits per heavy atom. The van der Waals surface area contributed by atoms with Gasteiger partial charge in [0.1, 0.15) is 5.75 Å². The van der Waals surface area contributed by atoms with Gasteiger partial charge in [0.25, 0.3) is 5.91 Å². The van der Waals surface area contributed by atoms with Gasteiger partial charge in [-0.1, -0.05) is 30.3 Å². The van der Waals surface area contributed by atoms with E-state index in [4.69, 9.17) is 4.74 Å². The molecule has 2 aromatic rings. The summed E-state index contributed by atoms with van der Waals surface area (Å²) in [5.74, 6) is 0.782. The van der Waals surface area contributed by atoms with E-state index in [-0.39, 0.29) is 11.9 Å². The maximum absolute atomic E-state index is 12.1. The van der Waals surface area contributed by atoms with Crippen molar-refractivity contribution < 1.29 is 9.53 Å². The summed E-state index contributed by atoms with van der Waals surface area (Å²) in [7, 11) is 0. The molecule has 3 heteroatoms. The Labute approximate surface area is 119 Å². The number of benzene rings is 2. The van der Waals surface area contributed by atoms with Gasteiger partial charge in [0.15, 0.2) is 0 Å². The van der Waals surface area contributed by atoms with Gasteiger partial charge in [-0.05, 0) is 43.7 Å². The Bertz CT molecular complexity index is 549. The van der Waals surface area contributed by atoms with Crippen LogP contribution in [0.5, 0.6) is 5.75 Å². The predicted octanol–water partition coefficient (Wildman–Crippen LogP) is 3.58. The summed E-state index contributed by atoms with van der Waals surface area (Å²) in [6.07, 6.45) is 0. The zero-order valence-corrected chi connectivity index (χ0v) is 11.8. The molecule has 0 saturated carbocycles. The summed E-state index contributed by atoms with van der Waals surface area (Å²) in [6, 6.07) is 17.0. The molecule has 0 saturated heterocycles. The lowest BCUT2D eigenvalue weighted by molar-refractivity contribution is 0.0940. The molecule has 0 aliphatic carbocycles. The lowest BCUT2D eigenvalue weighted by atomic mass is 10.1. The van der Waals surface area contributed by atoms with Crippen LogP contribution in [0.3, 0.4) is 0 Å². The zero-order valence-electron chi connectivity index (χ0n) is 11.8. The molecule has 0 heterocycles. The van der Waals surface area contributed by atoms with Crippen LogP contribution in [0.15, 0.2) is 54.6 Å². The molecule has 0 fully saturated rings. The SMILES string of the molecule is CCOc1ccc([C@H](C)NC(=O)c2ccccc2)cc1. The summed E-state index contributed by atoms with van der Waals surface area (Å²) in [5.41, 5.74) is 1.73. The van der Waals surface area contributed by atoms with Crippen LogP contribution in [0.1, 0.15) is 35.8 Å². The third kappa shape index (κ3) is 3.60. The van der Waals surface area contributed by atoms with Crippen LogP contribution in [0.4, 0.5) is 0 Å². The molecular formula is C17H19NO2. The summed E-state index contributed by atoms with van der Waals surface area (Å²) >= 11 is 0. The number of hydrogen-bond donors (Lipinski definition) is 1. The highest BCUT2D eigenvalue weighted by molar-refractivity contribution is 5.94. The van der Waals surface area contributed by atoms with Gasteiger partial charge in [-0.25, -0.2) is 0 Å². The molecule has 0 spiro atoms. The van der Waals surface area contributed by atoms with E-state index in [1.807, 2.05) is 56.3 Å². The lowest BCUT2D eigenvalue weighted by Gasteiger charge is -2.15. The fourth-order valence-electron chi connectivity index (χ4n) is 1.97. The van der Waals surface area contributed by atoms with Crippen molar-refractivity contribution in [3.8, 4) is 5.75 Å². The van der Waals surface area contributed by atoms with E-state index in [1.54, 1.807) is 12.1 Å². The number of nitrogens with one attached hydrogen (secondary N) is 1. The predicted molar refractivity (Wildman–Crippen MR) is 79.9 cm³/mol. The Morgan fingerprint density at radius 1 is 1.10 bits per heavy atom. The van der Waals surface area contributed by atoms with Gasteiger partial charge in [-0.2, -0.15) is 0 Å². The van der Waals surface area contributed by atoms with Gasteiger partial charge in [0, 0.05) is 5.56 Å². The smallest absolute Gasteiger partial charge is 0.251 e. The second-order valence-electron chi connectivity index (χ2n) is 4.56. The first-order chi connectivity index (χ1) is 9.70. The van der Waals surface area contributed by atoms with E-state index in [9.17, 15) is 4.79 Å². The molecule has 0 aliphatic heterocycles. The molecule has 0 unspecified atom stereocenters. The molecule has 0 radical (unpaired) electrons. The maximum Gasteiger partial charge on any atom is 0.251 e. The highest BCUT2D eigenvalue weighted by Crippen LogP contribution is 2.18. The standard InChI is InChI=1S/C17H19NO2/c1-3-20-16-11-9-14(10-12-16)13(2)18-17(19)15-7-5-4-6-8-15/h4-13H,3H2,1-2H3,(H,18,19)/t13-/m0/s1. The number of carbonyl (C=O) groups excluding carboxylic acids is 1. The van der Waals surface area contributed by atoms with Crippen molar-refractivity contribution in [2.24, 2.45) is 0 Å². The molecule has 3 nitrogen and oxygen atoms in total. The van der Waals surface area contributed by atoms with Crippen molar-refractivity contribution in [1.82, 2.24) is 5.32 Å². The van der Waals surface area contributed by atoms with Gasteiger partial charge >= 0.3 is 0 Å². The average molecular weight is 269 g/mol. The first-order valence-corrected chi connectivity index (χ1v) is 6.79. The summed E-state index contributed by atoms with van der Waals surface area (Å²) in [5, 5.41) is 2.98. The van der Waals surface area contributed by atoms with E-state index >= 15 is 0 Å². The Kier molecular flexibility index (Phi) is 4.77. The number of hydrogen-bond acceptors (Lipinski definition) is 2. The third-order valence-electron chi connectivity index (χ3n) is 3.07. The molecule has 0 aliphatic rings. The largest absolute Gasteiger partial charge is 0.494 e. The van der Waals surface area contributed by atoms with Crippen LogP contribution in [0.2, 0.25) is 0 Å². The second kappa shape index (κ2) is 6.75. The van der Waals surface area contributed by atoms with Crippen molar-refractivity contribution in [1.29, 1.82) is 0 Å². The van der Waals surface area contributed by atoms with Gasteiger partial charge in [-0.3, -0.25) is 4.79 Å². The molecule has 1 atom stereocenters. The normalized spacial score (nSPS) is 11.7. The minimum Gasteiger partial charge on any atom is -0.494 e. The van der Waals surface area contributed by atoms with E-state index in [1.165, 1.54) is 0 Å². The fraction of sp³-hybridized carbons (Fsp3) is 0.235. The van der Waals surface area contributed by atoms with Gasteiger partial charge < -0.3 is 10.1 Å². The van der Waals surface area contributed by atoms with Gasteiger partial charge in [-0.15, -0.1) is 0 Å². The first-order valence-electron chi connectivity index (χ1n) is 6.79. The number of rotatable bonds is 5. The molecule has 2 aromatic carbocycles. The highest BCUT2D eigenvalue weighted by Gasteiger charge is 2.10. The first kappa shape index (κ1) is 14.1. The monoisotopic (exact) mass is 269 g/mol. The van der Waals surface area contributed by atoms with Crippen LogP contribution in [0, 0.1) is 0 Å². The van der Waals surface area contributed by atoms with E-state index in [0.29, 0.717) is 12.2 Å². The molecule has 20 heavy (non-hydrogen) atoms. The van der Waals surface area contributed by atoms with Crippen molar-refractivity contribution in [2.45, 2.75) is 19.9 Å². The van der Waals surface area contributed by atoms with Gasteiger partial charge in [0.05, 0.1) is 12.6 Å². The van der Waals surface area contributed by atoms with Crippen LogP contribution >= 0.6 is 0 Å². The number of amides is 1. The van der Waals surface area contributed by atoms with Crippen LogP contribution in [-0.2, 0) is 0 Å². The number of ether oxygens (including phenoxy) is 1. The second-order valence-corrected chi connectivity index (χ2v) is 4.56. The topological polar surface area (TPSA) is 38.3 Å². The number of carbonyl (C=O) groups is 1. The lowest BCUT2D eigenvalue weighted by Crippen LogP contribution is -2.26. The quantitative estimate of drug-likeness (QED) is 0.901. The Hall–Kier alpha value is -2.29. The highest BCUT2D eigenvalue weighted by atomic mass is 16.5. The molecule has 2 rings (SSSR count). The zero-order chi connectivity index (χ0) is 14.4. The summed E-state index contributed by atoms with van der Waals surface area (Å²) in [4.78, 5) is 12.1. The third-order valence-corrected chi connectivity index (χ3v) is 3.07. The molecular weight excluding hydrogens is 250 g/mol. The fourth-order valence-corrected chi connectivity index (χ4v) is 1.97. The van der Waals surface area contributed by atoms with Crippen molar-refractivity contribution >= 4 is 5.91 Å². The molecule has 1 amide bonds.